The standard InChI is InChI=1S/C10H17NO2/c1-6-7-8(2)11-9(12)13-10(3,4)5/h6-7H,2H2,1,3-5H3,(H,11,12)/b7-6-. The van der Waals surface area contributed by atoms with Crippen LogP contribution in [0.15, 0.2) is 24.4 Å². The zero-order valence-electron chi connectivity index (χ0n) is 8.68. The maximum atomic E-state index is 11.1. The summed E-state index contributed by atoms with van der Waals surface area (Å²) in [5.41, 5.74) is 0.0528. The summed E-state index contributed by atoms with van der Waals surface area (Å²) in [6.07, 6.45) is 3.01. The molecule has 74 valence electrons. The van der Waals surface area contributed by atoms with Crippen molar-refractivity contribution < 1.29 is 9.53 Å². The number of carbonyl (C=O) groups is 1. The van der Waals surface area contributed by atoms with Crippen LogP contribution in [0.5, 0.6) is 0 Å². The molecule has 3 nitrogen and oxygen atoms in total. The molecule has 13 heavy (non-hydrogen) atoms. The van der Waals surface area contributed by atoms with E-state index in [0.29, 0.717) is 5.70 Å². The molecule has 0 saturated heterocycles. The smallest absolute Gasteiger partial charge is 0.412 e. The van der Waals surface area contributed by atoms with Crippen LogP contribution in [0.3, 0.4) is 0 Å². The van der Waals surface area contributed by atoms with E-state index in [1.165, 1.54) is 0 Å². The van der Waals surface area contributed by atoms with Crippen molar-refractivity contribution in [3.05, 3.63) is 24.4 Å². The van der Waals surface area contributed by atoms with E-state index in [1.807, 2.05) is 27.7 Å². The molecule has 3 heteroatoms. The quantitative estimate of drug-likeness (QED) is 0.668. The number of hydrogen-bond acceptors (Lipinski definition) is 2. The maximum absolute atomic E-state index is 11.1. The van der Waals surface area contributed by atoms with Gasteiger partial charge in [0.25, 0.3) is 0 Å². The summed E-state index contributed by atoms with van der Waals surface area (Å²) in [6.45, 7) is 10.9. The highest BCUT2D eigenvalue weighted by molar-refractivity contribution is 5.70. The third-order valence-electron chi connectivity index (χ3n) is 1.03. The highest BCUT2D eigenvalue weighted by atomic mass is 16.6. The van der Waals surface area contributed by atoms with Crippen molar-refractivity contribution in [3.63, 3.8) is 0 Å². The fourth-order valence-corrected chi connectivity index (χ4v) is 0.678. The Hall–Kier alpha value is -1.25. The van der Waals surface area contributed by atoms with E-state index in [-0.39, 0.29) is 0 Å². The lowest BCUT2D eigenvalue weighted by Crippen LogP contribution is -2.31. The van der Waals surface area contributed by atoms with Crippen LogP contribution in [0.2, 0.25) is 0 Å². The number of carbonyl (C=O) groups excluding carboxylic acids is 1. The molecular weight excluding hydrogens is 166 g/mol. The number of hydrogen-bond donors (Lipinski definition) is 1. The molecule has 1 N–H and O–H groups in total. The van der Waals surface area contributed by atoms with Gasteiger partial charge in [-0.15, -0.1) is 0 Å². The van der Waals surface area contributed by atoms with Gasteiger partial charge < -0.3 is 4.74 Å². The molecule has 0 heterocycles. The molecule has 0 aliphatic carbocycles. The summed E-state index contributed by atoms with van der Waals surface area (Å²) in [5.74, 6) is 0. The van der Waals surface area contributed by atoms with Gasteiger partial charge in [0, 0.05) is 5.70 Å². The predicted octanol–water partition coefficient (Wildman–Crippen LogP) is 2.60. The van der Waals surface area contributed by atoms with E-state index in [2.05, 4.69) is 11.9 Å². The molecular formula is C10H17NO2. The van der Waals surface area contributed by atoms with E-state index in [9.17, 15) is 4.79 Å². The van der Waals surface area contributed by atoms with Gasteiger partial charge in [-0.2, -0.15) is 0 Å². The zero-order valence-corrected chi connectivity index (χ0v) is 8.68. The van der Waals surface area contributed by atoms with Gasteiger partial charge in [0.2, 0.25) is 0 Å². The van der Waals surface area contributed by atoms with Crippen molar-refractivity contribution >= 4 is 6.09 Å². The second-order valence-electron chi connectivity index (χ2n) is 3.65. The van der Waals surface area contributed by atoms with Crippen LogP contribution in [-0.4, -0.2) is 11.7 Å². The lowest BCUT2D eigenvalue weighted by atomic mass is 10.2. The lowest BCUT2D eigenvalue weighted by molar-refractivity contribution is 0.0548. The van der Waals surface area contributed by atoms with Crippen molar-refractivity contribution in [2.24, 2.45) is 0 Å². The van der Waals surface area contributed by atoms with Crippen LogP contribution in [0.25, 0.3) is 0 Å². The highest BCUT2D eigenvalue weighted by Crippen LogP contribution is 2.06. The Kier molecular flexibility index (Phi) is 4.25. The van der Waals surface area contributed by atoms with Crippen molar-refractivity contribution in [1.82, 2.24) is 5.32 Å². The molecule has 0 atom stereocenters. The summed E-state index contributed by atoms with van der Waals surface area (Å²) in [6, 6.07) is 0. The first kappa shape index (κ1) is 11.8. The summed E-state index contributed by atoms with van der Waals surface area (Å²) in [4.78, 5) is 11.1. The first-order valence-electron chi connectivity index (χ1n) is 4.17. The monoisotopic (exact) mass is 183 g/mol. The van der Waals surface area contributed by atoms with Crippen molar-refractivity contribution in [1.29, 1.82) is 0 Å². The van der Waals surface area contributed by atoms with Crippen molar-refractivity contribution in [2.75, 3.05) is 0 Å². The molecule has 0 aromatic carbocycles. The fraction of sp³-hybridized carbons (Fsp3) is 0.500. The van der Waals surface area contributed by atoms with Gasteiger partial charge in [0.1, 0.15) is 5.60 Å². The normalized spacial score (nSPS) is 11.4. The molecule has 0 radical (unpaired) electrons. The topological polar surface area (TPSA) is 38.3 Å². The number of ether oxygens (including phenoxy) is 1. The molecule has 0 aliphatic heterocycles. The molecule has 1 amide bonds. The van der Waals surface area contributed by atoms with E-state index < -0.39 is 11.7 Å². The van der Waals surface area contributed by atoms with Crippen LogP contribution in [0.4, 0.5) is 4.79 Å². The minimum Gasteiger partial charge on any atom is -0.444 e. The molecule has 0 unspecified atom stereocenters. The van der Waals surface area contributed by atoms with Crippen molar-refractivity contribution in [3.8, 4) is 0 Å². The van der Waals surface area contributed by atoms with E-state index in [1.54, 1.807) is 12.2 Å². The number of allylic oxidation sites excluding steroid dienone is 2. The molecule has 0 aromatic heterocycles. The molecule has 0 spiro atoms. The van der Waals surface area contributed by atoms with Crippen molar-refractivity contribution in [2.45, 2.75) is 33.3 Å². The van der Waals surface area contributed by atoms with E-state index in [0.717, 1.165) is 0 Å². The minimum absolute atomic E-state index is 0.472. The Morgan fingerprint density at radius 2 is 2.00 bits per heavy atom. The fourth-order valence-electron chi connectivity index (χ4n) is 0.678. The second-order valence-corrected chi connectivity index (χ2v) is 3.65. The molecule has 0 aromatic rings. The first-order chi connectivity index (χ1) is 5.85. The lowest BCUT2D eigenvalue weighted by Gasteiger charge is -2.19. The molecule has 0 rings (SSSR count). The first-order valence-corrected chi connectivity index (χ1v) is 4.17. The van der Waals surface area contributed by atoms with Crippen LogP contribution < -0.4 is 5.32 Å². The largest absolute Gasteiger partial charge is 0.444 e. The Bertz CT molecular complexity index is 224. The molecule has 0 bridgehead atoms. The number of alkyl carbamates (subject to hydrolysis) is 1. The summed E-state index contributed by atoms with van der Waals surface area (Å²) in [5, 5.41) is 2.49. The third kappa shape index (κ3) is 7.12. The highest BCUT2D eigenvalue weighted by Gasteiger charge is 2.15. The molecule has 0 fully saturated rings. The molecule has 0 saturated carbocycles. The third-order valence-corrected chi connectivity index (χ3v) is 1.03. The van der Waals surface area contributed by atoms with Gasteiger partial charge in [-0.05, 0) is 33.8 Å². The van der Waals surface area contributed by atoms with Crippen LogP contribution in [0.1, 0.15) is 27.7 Å². The van der Waals surface area contributed by atoms with Gasteiger partial charge >= 0.3 is 6.09 Å². The number of rotatable bonds is 2. The zero-order chi connectivity index (χ0) is 10.5. The second kappa shape index (κ2) is 4.70. The summed E-state index contributed by atoms with van der Waals surface area (Å²) in [7, 11) is 0. The average Bonchev–Trinajstić information content (AvgIpc) is 1.81. The van der Waals surface area contributed by atoms with E-state index >= 15 is 0 Å². The van der Waals surface area contributed by atoms with Gasteiger partial charge in [-0.25, -0.2) is 4.79 Å². The van der Waals surface area contributed by atoms with Gasteiger partial charge in [0.15, 0.2) is 0 Å². The summed E-state index contributed by atoms with van der Waals surface area (Å²) < 4.78 is 5.01. The Morgan fingerprint density at radius 3 is 2.38 bits per heavy atom. The maximum Gasteiger partial charge on any atom is 0.412 e. The van der Waals surface area contributed by atoms with Crippen LogP contribution in [0, 0.1) is 0 Å². The summed E-state index contributed by atoms with van der Waals surface area (Å²) >= 11 is 0. The van der Waals surface area contributed by atoms with Crippen LogP contribution >= 0.6 is 0 Å². The van der Waals surface area contributed by atoms with Gasteiger partial charge in [0.05, 0.1) is 0 Å². The van der Waals surface area contributed by atoms with Gasteiger partial charge in [-0.1, -0.05) is 12.7 Å². The number of amides is 1. The Morgan fingerprint density at radius 1 is 1.46 bits per heavy atom. The van der Waals surface area contributed by atoms with Gasteiger partial charge in [-0.3, -0.25) is 5.32 Å². The minimum atomic E-state index is -0.476. The predicted molar refractivity (Wildman–Crippen MR) is 53.3 cm³/mol. The Balaban J connectivity index is 3.96. The van der Waals surface area contributed by atoms with E-state index in [4.69, 9.17) is 4.74 Å². The SMILES string of the molecule is C=C(/C=C\C)NC(=O)OC(C)(C)C. The average molecular weight is 183 g/mol. The molecule has 0 aliphatic rings. The number of nitrogens with one attached hydrogen (secondary N) is 1. The Labute approximate surface area is 79.5 Å². The van der Waals surface area contributed by atoms with Crippen LogP contribution in [-0.2, 0) is 4.74 Å².